The van der Waals surface area contributed by atoms with E-state index < -0.39 is 0 Å². The lowest BCUT2D eigenvalue weighted by molar-refractivity contribution is -0.127. The largest absolute Gasteiger partial charge is 0.393 e. The Balaban J connectivity index is 2.43. The molecule has 5 nitrogen and oxygen atoms in total. The van der Waals surface area contributed by atoms with Gasteiger partial charge in [-0.25, -0.2) is 0 Å². The third-order valence-corrected chi connectivity index (χ3v) is 0.995. The second kappa shape index (κ2) is 2.57. The lowest BCUT2D eigenvalue weighted by Gasteiger charge is -2.16. The second-order valence-electron chi connectivity index (χ2n) is 1.97. The number of nitrogens with zero attached hydrogens (tertiary/aromatic N) is 1. The molecule has 0 bridgehead atoms. The highest BCUT2D eigenvalue weighted by Crippen LogP contribution is 2.01. The van der Waals surface area contributed by atoms with E-state index in [1.54, 1.807) is 6.92 Å². The highest BCUT2D eigenvalue weighted by Gasteiger charge is 2.11. The first-order valence-corrected chi connectivity index (χ1v) is 2.85. The topological polar surface area (TPSA) is 53.6 Å². The number of carbonyl (C=O) groups is 1. The second-order valence-corrected chi connectivity index (χ2v) is 1.97. The first-order valence-electron chi connectivity index (χ1n) is 2.85. The zero-order valence-corrected chi connectivity index (χ0v) is 5.84. The van der Waals surface area contributed by atoms with Crippen molar-refractivity contribution >= 4 is 5.91 Å². The number of amides is 1. The van der Waals surface area contributed by atoms with Crippen molar-refractivity contribution in [3.05, 3.63) is 12.0 Å². The number of rotatable bonds is 1. The Bertz CT molecular complexity index is 178. The number of carbonyl (C=O) groups excluding carboxylic acids is 1. The molecule has 0 aromatic carbocycles. The Hall–Kier alpha value is -1.23. The molecule has 0 radical (unpaired) electrons. The Kier molecular flexibility index (Phi) is 1.77. The van der Waals surface area contributed by atoms with Gasteiger partial charge >= 0.3 is 0 Å². The Morgan fingerprint density at radius 2 is 2.60 bits per heavy atom. The van der Waals surface area contributed by atoms with Crippen molar-refractivity contribution in [1.82, 2.24) is 16.1 Å². The van der Waals surface area contributed by atoms with Crippen LogP contribution in [0.15, 0.2) is 12.0 Å². The molecule has 0 spiro atoms. The Morgan fingerprint density at radius 3 is 3.00 bits per heavy atom. The van der Waals surface area contributed by atoms with Gasteiger partial charge in [0.15, 0.2) is 0 Å². The van der Waals surface area contributed by atoms with Crippen LogP contribution in [0.25, 0.3) is 0 Å². The number of nitrogens with one attached hydrogen (secondary N) is 2. The Labute approximate surface area is 58.5 Å². The minimum Gasteiger partial charge on any atom is -0.393 e. The molecule has 0 unspecified atom stereocenters. The van der Waals surface area contributed by atoms with Crippen LogP contribution < -0.4 is 11.0 Å². The van der Waals surface area contributed by atoms with E-state index in [0.717, 1.165) is 5.70 Å². The maximum atomic E-state index is 10.5. The average molecular weight is 143 g/mol. The summed E-state index contributed by atoms with van der Waals surface area (Å²) in [6.07, 6.45) is 1.50. The van der Waals surface area contributed by atoms with Gasteiger partial charge in [-0.15, -0.1) is 0 Å². The smallest absolute Gasteiger partial charge is 0.236 e. The van der Waals surface area contributed by atoms with Crippen LogP contribution >= 0.6 is 0 Å². The molecule has 0 saturated carbocycles. The van der Waals surface area contributed by atoms with Gasteiger partial charge in [-0.05, 0) is 12.5 Å². The quantitative estimate of drug-likeness (QED) is 0.527. The summed E-state index contributed by atoms with van der Waals surface area (Å²) < 4.78 is 0. The van der Waals surface area contributed by atoms with Crippen LogP contribution in [-0.2, 0) is 9.63 Å². The fourth-order valence-electron chi connectivity index (χ4n) is 0.557. The molecular weight excluding hydrogens is 134 g/mol. The summed E-state index contributed by atoms with van der Waals surface area (Å²) in [7, 11) is 0. The van der Waals surface area contributed by atoms with Gasteiger partial charge in [0, 0.05) is 6.92 Å². The number of allylic oxidation sites excluding steroid dienone is 1. The third kappa shape index (κ3) is 1.38. The zero-order valence-electron chi connectivity index (χ0n) is 5.84. The first kappa shape index (κ1) is 6.88. The molecule has 0 aromatic heterocycles. The van der Waals surface area contributed by atoms with E-state index in [4.69, 9.17) is 0 Å². The molecule has 2 N–H and O–H groups in total. The minimum absolute atomic E-state index is 0.147. The van der Waals surface area contributed by atoms with Crippen LogP contribution in [-0.4, -0.2) is 11.0 Å². The van der Waals surface area contributed by atoms with Gasteiger partial charge in [0.2, 0.25) is 5.91 Å². The van der Waals surface area contributed by atoms with E-state index in [2.05, 4.69) is 15.9 Å². The predicted molar refractivity (Wildman–Crippen MR) is 33.6 cm³/mol. The lowest BCUT2D eigenvalue weighted by atomic mass is 10.6. The fraction of sp³-hybridized carbons (Fsp3) is 0.400. The van der Waals surface area contributed by atoms with Gasteiger partial charge in [-0.2, -0.15) is 5.12 Å². The van der Waals surface area contributed by atoms with Gasteiger partial charge in [-0.3, -0.25) is 10.2 Å². The summed E-state index contributed by atoms with van der Waals surface area (Å²) in [6.45, 7) is 3.23. The summed E-state index contributed by atoms with van der Waals surface area (Å²) in [4.78, 5) is 15.1. The maximum Gasteiger partial charge on any atom is 0.236 e. The van der Waals surface area contributed by atoms with Crippen LogP contribution in [0.1, 0.15) is 13.8 Å². The van der Waals surface area contributed by atoms with Gasteiger partial charge in [0.1, 0.15) is 6.26 Å². The Morgan fingerprint density at radius 1 is 1.90 bits per heavy atom. The maximum absolute atomic E-state index is 10.5. The standard InChI is InChI=1S/C5H9N3O2/c1-4-3-10-7-8(4)6-5(2)9/h3,7H,1-2H3,(H,6,9). The van der Waals surface area contributed by atoms with Crippen LogP contribution in [0.5, 0.6) is 0 Å². The average Bonchev–Trinajstić information content (AvgIpc) is 2.15. The SMILES string of the molecule is CC(=O)NN1NOC=C1C. The van der Waals surface area contributed by atoms with Gasteiger partial charge < -0.3 is 4.84 Å². The molecule has 56 valence electrons. The first-order chi connectivity index (χ1) is 4.70. The van der Waals surface area contributed by atoms with Crippen LogP contribution in [0.4, 0.5) is 0 Å². The molecule has 1 aliphatic heterocycles. The monoisotopic (exact) mass is 143 g/mol. The van der Waals surface area contributed by atoms with Crippen molar-refractivity contribution in [2.24, 2.45) is 0 Å². The van der Waals surface area contributed by atoms with E-state index in [9.17, 15) is 4.79 Å². The van der Waals surface area contributed by atoms with Crippen LogP contribution in [0.3, 0.4) is 0 Å². The van der Waals surface area contributed by atoms with Crippen molar-refractivity contribution in [3.8, 4) is 0 Å². The molecule has 0 aromatic rings. The van der Waals surface area contributed by atoms with E-state index in [0.29, 0.717) is 0 Å². The third-order valence-electron chi connectivity index (χ3n) is 0.995. The van der Waals surface area contributed by atoms with E-state index in [1.165, 1.54) is 18.3 Å². The predicted octanol–water partition coefficient (Wildman–Crippen LogP) is -0.349. The molecule has 1 aliphatic rings. The molecule has 10 heavy (non-hydrogen) atoms. The number of hydrazine groups is 2. The van der Waals surface area contributed by atoms with E-state index in [1.807, 2.05) is 0 Å². The molecule has 0 fully saturated rings. The molecule has 0 atom stereocenters. The van der Waals surface area contributed by atoms with Crippen molar-refractivity contribution in [3.63, 3.8) is 0 Å². The highest BCUT2D eigenvalue weighted by molar-refractivity contribution is 5.72. The van der Waals surface area contributed by atoms with Crippen LogP contribution in [0, 0.1) is 0 Å². The summed E-state index contributed by atoms with van der Waals surface area (Å²) in [5.41, 5.74) is 5.73. The number of hydrogen-bond donors (Lipinski definition) is 2. The normalized spacial score (nSPS) is 16.2. The lowest BCUT2D eigenvalue weighted by Crippen LogP contribution is -2.44. The van der Waals surface area contributed by atoms with Crippen molar-refractivity contribution in [2.75, 3.05) is 0 Å². The van der Waals surface area contributed by atoms with E-state index >= 15 is 0 Å². The van der Waals surface area contributed by atoms with Crippen molar-refractivity contribution in [2.45, 2.75) is 13.8 Å². The van der Waals surface area contributed by atoms with Gasteiger partial charge in [-0.1, -0.05) is 0 Å². The summed E-state index contributed by atoms with van der Waals surface area (Å²) >= 11 is 0. The molecule has 1 amide bonds. The highest BCUT2D eigenvalue weighted by atomic mass is 16.7. The summed E-state index contributed by atoms with van der Waals surface area (Å²) in [5, 5.41) is 1.39. The van der Waals surface area contributed by atoms with Gasteiger partial charge in [0.05, 0.1) is 5.70 Å². The molecule has 0 saturated heterocycles. The van der Waals surface area contributed by atoms with Crippen LogP contribution in [0.2, 0.25) is 0 Å². The molecule has 1 heterocycles. The summed E-state index contributed by atoms with van der Waals surface area (Å²) in [6, 6.07) is 0. The van der Waals surface area contributed by atoms with Crippen molar-refractivity contribution < 1.29 is 9.63 Å². The minimum atomic E-state index is -0.147. The molecule has 0 aliphatic carbocycles. The molecule has 5 heteroatoms. The van der Waals surface area contributed by atoms with E-state index in [-0.39, 0.29) is 5.91 Å². The summed E-state index contributed by atoms with van der Waals surface area (Å²) in [5.74, 6) is -0.147. The molecule has 1 rings (SSSR count). The number of hydrogen-bond acceptors (Lipinski definition) is 4. The van der Waals surface area contributed by atoms with Gasteiger partial charge in [0.25, 0.3) is 0 Å². The fourth-order valence-corrected chi connectivity index (χ4v) is 0.557. The molecular formula is C5H9N3O2. The van der Waals surface area contributed by atoms with Crippen molar-refractivity contribution in [1.29, 1.82) is 0 Å². The zero-order chi connectivity index (χ0) is 7.56.